The first-order valence-corrected chi connectivity index (χ1v) is 7.30. The fourth-order valence-electron chi connectivity index (χ4n) is 1.69. The Kier molecular flexibility index (Phi) is 9.50. The number of rotatable bonds is 6. The first kappa shape index (κ1) is 19.5. The lowest BCUT2D eigenvalue weighted by Gasteiger charge is -2.08. The smallest absolute Gasteiger partial charge is 0.146 e. The first-order chi connectivity index (χ1) is 9.73. The minimum atomic E-state index is -0.354. The predicted octanol–water partition coefficient (Wildman–Crippen LogP) is 2.09. The molecular formula is C17H28N2O2. The number of ketones is 2. The van der Waals surface area contributed by atoms with Gasteiger partial charge in [0.15, 0.2) is 0 Å². The highest BCUT2D eigenvalue weighted by Gasteiger charge is 2.09. The Morgan fingerprint density at radius 2 is 1.43 bits per heavy atom. The number of nitrogens with two attached hydrogens (primary N) is 2. The number of hydrogen-bond donors (Lipinski definition) is 2. The lowest BCUT2D eigenvalue weighted by atomic mass is 10.0. The summed E-state index contributed by atoms with van der Waals surface area (Å²) in [4.78, 5) is 21.4. The van der Waals surface area contributed by atoms with Gasteiger partial charge in [-0.25, -0.2) is 0 Å². The summed E-state index contributed by atoms with van der Waals surface area (Å²) in [6.45, 7) is 7.17. The third kappa shape index (κ3) is 9.93. The topological polar surface area (TPSA) is 86.2 Å². The molecule has 0 aliphatic heterocycles. The normalized spacial score (nSPS) is 13.1. The van der Waals surface area contributed by atoms with Crippen LogP contribution in [0.5, 0.6) is 0 Å². The van der Waals surface area contributed by atoms with E-state index < -0.39 is 0 Å². The third-order valence-corrected chi connectivity index (χ3v) is 3.07. The van der Waals surface area contributed by atoms with Crippen molar-refractivity contribution >= 4 is 11.6 Å². The minimum Gasteiger partial charge on any atom is -0.322 e. The van der Waals surface area contributed by atoms with E-state index in [-0.39, 0.29) is 23.7 Å². The van der Waals surface area contributed by atoms with E-state index in [0.29, 0.717) is 12.3 Å². The molecule has 0 radical (unpaired) electrons. The summed E-state index contributed by atoms with van der Waals surface area (Å²) in [5.41, 5.74) is 12.2. The van der Waals surface area contributed by atoms with Crippen molar-refractivity contribution in [2.75, 3.05) is 0 Å². The molecule has 0 aromatic heterocycles. The molecule has 4 N–H and O–H groups in total. The van der Waals surface area contributed by atoms with Crippen LogP contribution in [0.25, 0.3) is 0 Å². The monoisotopic (exact) mass is 292 g/mol. The molecule has 0 aliphatic rings. The van der Waals surface area contributed by atoms with Gasteiger partial charge in [0, 0.05) is 0 Å². The van der Waals surface area contributed by atoms with E-state index in [2.05, 4.69) is 13.8 Å². The van der Waals surface area contributed by atoms with Crippen molar-refractivity contribution in [1.29, 1.82) is 0 Å². The molecule has 2 atom stereocenters. The highest BCUT2D eigenvalue weighted by molar-refractivity contribution is 5.81. The number of carbonyl (C=O) groups excluding carboxylic acids is 2. The highest BCUT2D eigenvalue weighted by atomic mass is 16.1. The summed E-state index contributed by atoms with van der Waals surface area (Å²) in [6.07, 6.45) is 1.44. The molecule has 1 aromatic carbocycles. The van der Waals surface area contributed by atoms with Crippen molar-refractivity contribution in [2.24, 2.45) is 17.4 Å². The Labute approximate surface area is 127 Å². The van der Waals surface area contributed by atoms with Gasteiger partial charge in [-0.15, -0.1) is 0 Å². The zero-order valence-corrected chi connectivity index (χ0v) is 13.5. The molecule has 118 valence electrons. The second-order valence-corrected chi connectivity index (χ2v) is 5.75. The van der Waals surface area contributed by atoms with Crippen LogP contribution in [0.2, 0.25) is 0 Å². The van der Waals surface area contributed by atoms with E-state index in [1.165, 1.54) is 13.8 Å². The standard InChI is InChI=1S/C10H13NO.C7H15NO/c1-8(12)10(11)7-9-5-3-2-4-6-9;1-5(2)4-7(8)6(3)9/h2-6,10H,7,11H2,1H3;5,7H,4,8H2,1-3H3. The molecule has 1 aromatic rings. The van der Waals surface area contributed by atoms with Gasteiger partial charge in [0.05, 0.1) is 12.1 Å². The summed E-state index contributed by atoms with van der Waals surface area (Å²) in [5.74, 6) is 0.645. The summed E-state index contributed by atoms with van der Waals surface area (Å²) >= 11 is 0. The minimum absolute atomic E-state index is 0.0406. The largest absolute Gasteiger partial charge is 0.322 e. The number of benzene rings is 1. The van der Waals surface area contributed by atoms with Crippen LogP contribution in [-0.2, 0) is 16.0 Å². The van der Waals surface area contributed by atoms with E-state index in [1.807, 2.05) is 30.3 Å². The number of hydrogen-bond acceptors (Lipinski definition) is 4. The van der Waals surface area contributed by atoms with Gasteiger partial charge in [-0.2, -0.15) is 0 Å². The fourth-order valence-corrected chi connectivity index (χ4v) is 1.69. The van der Waals surface area contributed by atoms with Gasteiger partial charge in [0.1, 0.15) is 11.6 Å². The van der Waals surface area contributed by atoms with Gasteiger partial charge in [0.25, 0.3) is 0 Å². The summed E-state index contributed by atoms with van der Waals surface area (Å²) < 4.78 is 0. The SMILES string of the molecule is CC(=O)C(N)CC(C)C.CC(=O)C(N)Cc1ccccc1. The third-order valence-electron chi connectivity index (χ3n) is 3.07. The van der Waals surface area contributed by atoms with Gasteiger partial charge < -0.3 is 11.5 Å². The molecule has 0 saturated carbocycles. The number of carbonyl (C=O) groups is 2. The van der Waals surface area contributed by atoms with Crippen molar-refractivity contribution in [3.05, 3.63) is 35.9 Å². The van der Waals surface area contributed by atoms with Crippen LogP contribution < -0.4 is 11.5 Å². The molecule has 0 spiro atoms. The summed E-state index contributed by atoms with van der Waals surface area (Å²) in [5, 5.41) is 0. The van der Waals surface area contributed by atoms with E-state index in [1.54, 1.807) is 0 Å². The van der Waals surface area contributed by atoms with Crippen molar-refractivity contribution in [2.45, 2.75) is 52.6 Å². The Morgan fingerprint density at radius 3 is 1.76 bits per heavy atom. The lowest BCUT2D eigenvalue weighted by Crippen LogP contribution is -2.30. The van der Waals surface area contributed by atoms with Gasteiger partial charge >= 0.3 is 0 Å². The van der Waals surface area contributed by atoms with Gasteiger partial charge in [-0.05, 0) is 38.2 Å². The van der Waals surface area contributed by atoms with Crippen molar-refractivity contribution in [3.63, 3.8) is 0 Å². The molecule has 2 unspecified atom stereocenters. The fraction of sp³-hybridized carbons (Fsp3) is 0.529. The van der Waals surface area contributed by atoms with Gasteiger partial charge in [-0.1, -0.05) is 44.2 Å². The van der Waals surface area contributed by atoms with Crippen LogP contribution in [0.15, 0.2) is 30.3 Å². The molecule has 1 rings (SSSR count). The van der Waals surface area contributed by atoms with Crippen LogP contribution in [0, 0.1) is 5.92 Å². The molecular weight excluding hydrogens is 264 g/mol. The molecule has 0 aliphatic carbocycles. The Balaban J connectivity index is 0.000000400. The molecule has 4 nitrogen and oxygen atoms in total. The quantitative estimate of drug-likeness (QED) is 0.840. The summed E-state index contributed by atoms with van der Waals surface area (Å²) in [6, 6.07) is 9.19. The van der Waals surface area contributed by atoms with Crippen LogP contribution in [0.1, 0.15) is 39.7 Å². The maximum atomic E-state index is 10.8. The zero-order chi connectivity index (χ0) is 16.4. The van der Waals surface area contributed by atoms with Crippen molar-refractivity contribution in [3.8, 4) is 0 Å². The highest BCUT2D eigenvalue weighted by Crippen LogP contribution is 2.02. The van der Waals surface area contributed by atoms with Crippen LogP contribution in [0.4, 0.5) is 0 Å². The Bertz CT molecular complexity index is 430. The Hall–Kier alpha value is -1.52. The van der Waals surface area contributed by atoms with Crippen molar-refractivity contribution < 1.29 is 9.59 Å². The molecule has 0 amide bonds. The van der Waals surface area contributed by atoms with Gasteiger partial charge in [-0.3, -0.25) is 9.59 Å². The molecule has 0 saturated heterocycles. The first-order valence-electron chi connectivity index (χ1n) is 7.30. The van der Waals surface area contributed by atoms with E-state index in [4.69, 9.17) is 11.5 Å². The zero-order valence-electron chi connectivity index (χ0n) is 13.5. The average Bonchev–Trinajstić information content (AvgIpc) is 2.39. The van der Waals surface area contributed by atoms with E-state index in [9.17, 15) is 9.59 Å². The van der Waals surface area contributed by atoms with Crippen LogP contribution >= 0.6 is 0 Å². The molecule has 21 heavy (non-hydrogen) atoms. The lowest BCUT2D eigenvalue weighted by molar-refractivity contribution is -0.119. The molecule has 0 bridgehead atoms. The van der Waals surface area contributed by atoms with Gasteiger partial charge in [0.2, 0.25) is 0 Å². The molecule has 0 fully saturated rings. The summed E-state index contributed by atoms with van der Waals surface area (Å²) in [7, 11) is 0. The van der Waals surface area contributed by atoms with E-state index >= 15 is 0 Å². The van der Waals surface area contributed by atoms with Crippen LogP contribution in [-0.4, -0.2) is 23.7 Å². The van der Waals surface area contributed by atoms with Crippen molar-refractivity contribution in [1.82, 2.24) is 0 Å². The second-order valence-electron chi connectivity index (χ2n) is 5.75. The average molecular weight is 292 g/mol. The van der Waals surface area contributed by atoms with Crippen LogP contribution in [0.3, 0.4) is 0 Å². The maximum absolute atomic E-state index is 10.8. The second kappa shape index (κ2) is 10.2. The molecule has 4 heteroatoms. The predicted molar refractivity (Wildman–Crippen MR) is 86.9 cm³/mol. The Morgan fingerprint density at radius 1 is 0.952 bits per heavy atom. The maximum Gasteiger partial charge on any atom is 0.146 e. The molecule has 0 heterocycles. The van der Waals surface area contributed by atoms with E-state index in [0.717, 1.165) is 12.0 Å². The number of Topliss-reactive ketones (excluding diaryl/α,β-unsaturated/α-hetero) is 2.